The number of benzene rings is 2. The van der Waals surface area contributed by atoms with Gasteiger partial charge in [0.15, 0.2) is 0 Å². The lowest BCUT2D eigenvalue weighted by atomic mass is 10.1. The van der Waals surface area contributed by atoms with Crippen LogP contribution in [0.25, 0.3) is 0 Å². The van der Waals surface area contributed by atoms with E-state index < -0.39 is 5.91 Å². The number of nitrogens with zero attached hydrogens (tertiary/aromatic N) is 1. The second kappa shape index (κ2) is 6.28. The van der Waals surface area contributed by atoms with Crippen molar-refractivity contribution < 1.29 is 15.0 Å². The Labute approximate surface area is 126 Å². The molecular formula is C15H13ClN2O3. The van der Waals surface area contributed by atoms with Crippen LogP contribution in [0.3, 0.4) is 0 Å². The number of amides is 1. The topological polar surface area (TPSA) is 81.9 Å². The molecule has 2 aromatic rings. The summed E-state index contributed by atoms with van der Waals surface area (Å²) in [6.07, 6.45) is 1.27. The first-order valence-electron chi connectivity index (χ1n) is 6.09. The number of halogens is 1. The molecule has 0 fully saturated rings. The maximum Gasteiger partial charge on any atom is 0.275 e. The molecule has 0 heterocycles. The van der Waals surface area contributed by atoms with E-state index >= 15 is 0 Å². The minimum atomic E-state index is -0.551. The van der Waals surface area contributed by atoms with E-state index in [1.54, 1.807) is 6.07 Å². The number of hydrazone groups is 1. The van der Waals surface area contributed by atoms with Crippen molar-refractivity contribution in [3.63, 3.8) is 0 Å². The molecular weight excluding hydrogens is 292 g/mol. The van der Waals surface area contributed by atoms with Gasteiger partial charge in [0.2, 0.25) is 0 Å². The Hall–Kier alpha value is -2.53. The maximum atomic E-state index is 11.8. The summed E-state index contributed by atoms with van der Waals surface area (Å²) in [6, 6.07) is 9.18. The average molecular weight is 305 g/mol. The summed E-state index contributed by atoms with van der Waals surface area (Å²) in [5.74, 6) is -0.672. The molecule has 0 aliphatic heterocycles. The molecule has 2 rings (SSSR count). The van der Waals surface area contributed by atoms with Crippen LogP contribution in [-0.2, 0) is 0 Å². The highest BCUT2D eigenvalue weighted by molar-refractivity contribution is 6.30. The van der Waals surface area contributed by atoms with Crippen LogP contribution in [0, 0.1) is 6.92 Å². The first kappa shape index (κ1) is 14.9. The van der Waals surface area contributed by atoms with Crippen LogP contribution < -0.4 is 5.43 Å². The zero-order valence-corrected chi connectivity index (χ0v) is 11.9. The Morgan fingerprint density at radius 1 is 1.19 bits per heavy atom. The number of rotatable bonds is 3. The highest BCUT2D eigenvalue weighted by Crippen LogP contribution is 2.20. The number of aromatic hydroxyl groups is 2. The number of hydrogen-bond acceptors (Lipinski definition) is 4. The quantitative estimate of drug-likeness (QED) is 0.602. The molecule has 0 spiro atoms. The first-order chi connectivity index (χ1) is 9.97. The van der Waals surface area contributed by atoms with Gasteiger partial charge in [0.05, 0.1) is 11.8 Å². The second-order valence-corrected chi connectivity index (χ2v) is 4.86. The van der Waals surface area contributed by atoms with Crippen molar-refractivity contribution in [3.8, 4) is 11.5 Å². The monoisotopic (exact) mass is 304 g/mol. The van der Waals surface area contributed by atoms with Crippen LogP contribution in [0.5, 0.6) is 11.5 Å². The Bertz CT molecular complexity index is 714. The number of phenols is 2. The largest absolute Gasteiger partial charge is 0.507 e. The molecule has 0 aromatic heterocycles. The van der Waals surface area contributed by atoms with Gasteiger partial charge in [-0.25, -0.2) is 5.43 Å². The molecule has 0 radical (unpaired) electrons. The van der Waals surface area contributed by atoms with Gasteiger partial charge in [-0.1, -0.05) is 17.7 Å². The normalized spacial score (nSPS) is 10.8. The number of phenolic OH excluding ortho intramolecular Hbond substituents is 2. The summed E-state index contributed by atoms with van der Waals surface area (Å²) in [7, 11) is 0. The molecule has 0 atom stereocenters. The van der Waals surface area contributed by atoms with Crippen LogP contribution in [0.2, 0.25) is 5.02 Å². The maximum absolute atomic E-state index is 11.8. The number of carbonyl (C=O) groups is 1. The highest BCUT2D eigenvalue weighted by atomic mass is 35.5. The summed E-state index contributed by atoms with van der Waals surface area (Å²) < 4.78 is 0. The van der Waals surface area contributed by atoms with Gasteiger partial charge in [0.1, 0.15) is 11.5 Å². The van der Waals surface area contributed by atoms with Crippen molar-refractivity contribution in [2.75, 3.05) is 0 Å². The Morgan fingerprint density at radius 2 is 1.95 bits per heavy atom. The van der Waals surface area contributed by atoms with Crippen LogP contribution in [0.15, 0.2) is 41.5 Å². The first-order valence-corrected chi connectivity index (χ1v) is 6.46. The van der Waals surface area contributed by atoms with E-state index in [0.717, 1.165) is 5.56 Å². The molecule has 1 amide bonds. The van der Waals surface area contributed by atoms with Crippen LogP contribution in [0.4, 0.5) is 0 Å². The molecule has 0 aliphatic rings. The smallest absolute Gasteiger partial charge is 0.275 e. The molecule has 3 N–H and O–H groups in total. The van der Waals surface area contributed by atoms with Crippen LogP contribution in [0.1, 0.15) is 21.5 Å². The summed E-state index contributed by atoms with van der Waals surface area (Å²) in [4.78, 5) is 11.8. The zero-order valence-electron chi connectivity index (χ0n) is 11.2. The predicted molar refractivity (Wildman–Crippen MR) is 81.0 cm³/mol. The Balaban J connectivity index is 2.10. The van der Waals surface area contributed by atoms with Gasteiger partial charge in [0.25, 0.3) is 5.91 Å². The van der Waals surface area contributed by atoms with Gasteiger partial charge in [-0.3, -0.25) is 4.79 Å². The van der Waals surface area contributed by atoms with Gasteiger partial charge in [-0.2, -0.15) is 5.10 Å². The van der Waals surface area contributed by atoms with Crippen molar-refractivity contribution in [2.45, 2.75) is 6.92 Å². The third-order valence-electron chi connectivity index (χ3n) is 2.76. The number of carbonyl (C=O) groups excluding carboxylic acids is 1. The van der Waals surface area contributed by atoms with E-state index in [2.05, 4.69) is 10.5 Å². The fourth-order valence-corrected chi connectivity index (χ4v) is 1.86. The Kier molecular flexibility index (Phi) is 4.45. The summed E-state index contributed by atoms with van der Waals surface area (Å²) in [5, 5.41) is 23.4. The molecule has 0 saturated heterocycles. The second-order valence-electron chi connectivity index (χ2n) is 4.42. The van der Waals surface area contributed by atoms with Gasteiger partial charge in [0, 0.05) is 10.6 Å². The Morgan fingerprint density at radius 3 is 2.67 bits per heavy atom. The fraction of sp³-hybridized carbons (Fsp3) is 0.0667. The molecule has 5 nitrogen and oxygen atoms in total. The molecule has 6 heteroatoms. The molecule has 108 valence electrons. The molecule has 0 bridgehead atoms. The van der Waals surface area contributed by atoms with Crippen molar-refractivity contribution in [1.29, 1.82) is 0 Å². The van der Waals surface area contributed by atoms with Gasteiger partial charge in [-0.15, -0.1) is 0 Å². The molecule has 2 aromatic carbocycles. The standard InChI is InChI=1S/C15H13ClN2O3/c1-9-2-4-12(14(20)6-9)15(21)18-17-8-10-7-11(16)3-5-13(10)19/h2-8,19-20H,1H3,(H,18,21)/b17-8+. The summed E-state index contributed by atoms with van der Waals surface area (Å²) in [6.45, 7) is 1.81. The number of hydrogen-bond donors (Lipinski definition) is 3. The lowest BCUT2D eigenvalue weighted by molar-refractivity contribution is 0.0952. The summed E-state index contributed by atoms with van der Waals surface area (Å²) in [5.41, 5.74) is 3.60. The number of nitrogens with one attached hydrogen (secondary N) is 1. The fourth-order valence-electron chi connectivity index (χ4n) is 1.68. The third kappa shape index (κ3) is 3.73. The molecule has 0 aliphatic carbocycles. The third-order valence-corrected chi connectivity index (χ3v) is 2.99. The lowest BCUT2D eigenvalue weighted by Gasteiger charge is -2.04. The van der Waals surface area contributed by atoms with E-state index in [1.807, 2.05) is 6.92 Å². The van der Waals surface area contributed by atoms with E-state index in [-0.39, 0.29) is 17.1 Å². The van der Waals surface area contributed by atoms with Crippen molar-refractivity contribution in [1.82, 2.24) is 5.43 Å². The lowest BCUT2D eigenvalue weighted by Crippen LogP contribution is -2.17. The van der Waals surface area contributed by atoms with Crippen LogP contribution in [-0.4, -0.2) is 22.3 Å². The van der Waals surface area contributed by atoms with Gasteiger partial charge in [-0.05, 0) is 42.8 Å². The minimum Gasteiger partial charge on any atom is -0.507 e. The van der Waals surface area contributed by atoms with Gasteiger partial charge >= 0.3 is 0 Å². The predicted octanol–water partition coefficient (Wildman–Crippen LogP) is 2.82. The average Bonchev–Trinajstić information content (AvgIpc) is 2.42. The van der Waals surface area contributed by atoms with Crippen molar-refractivity contribution in [2.24, 2.45) is 5.10 Å². The highest BCUT2D eigenvalue weighted by Gasteiger charge is 2.09. The SMILES string of the molecule is Cc1ccc(C(=O)N/N=C/c2cc(Cl)ccc2O)c(O)c1. The molecule has 0 unspecified atom stereocenters. The van der Waals surface area contributed by atoms with Gasteiger partial charge < -0.3 is 10.2 Å². The van der Waals surface area contributed by atoms with E-state index in [0.29, 0.717) is 10.6 Å². The van der Waals surface area contributed by atoms with E-state index in [4.69, 9.17) is 11.6 Å². The van der Waals surface area contributed by atoms with Crippen molar-refractivity contribution >= 4 is 23.7 Å². The number of aryl methyl sites for hydroxylation is 1. The van der Waals surface area contributed by atoms with Crippen molar-refractivity contribution in [3.05, 3.63) is 58.1 Å². The van der Waals surface area contributed by atoms with E-state index in [1.165, 1.54) is 36.5 Å². The zero-order chi connectivity index (χ0) is 15.4. The molecule has 0 saturated carbocycles. The van der Waals surface area contributed by atoms with E-state index in [9.17, 15) is 15.0 Å². The minimum absolute atomic E-state index is 0.00409. The van der Waals surface area contributed by atoms with Crippen LogP contribution >= 0.6 is 11.6 Å². The molecule has 21 heavy (non-hydrogen) atoms. The summed E-state index contributed by atoms with van der Waals surface area (Å²) >= 11 is 5.80.